The highest BCUT2D eigenvalue weighted by Gasteiger charge is 2.29. The first-order valence-electron chi connectivity index (χ1n) is 7.06. The highest BCUT2D eigenvalue weighted by atomic mass is 32.2. The summed E-state index contributed by atoms with van der Waals surface area (Å²) in [6, 6.07) is 4.01. The van der Waals surface area contributed by atoms with Crippen molar-refractivity contribution in [1.82, 2.24) is 4.72 Å². The van der Waals surface area contributed by atoms with E-state index in [4.69, 9.17) is 9.84 Å². The largest absolute Gasteiger partial charge is 0.478 e. The minimum Gasteiger partial charge on any atom is -0.478 e. The number of carbonyl (C=O) groups is 1. The Bertz CT molecular complexity index is 641. The molecule has 122 valence electrons. The quantitative estimate of drug-likeness (QED) is 0.590. The van der Waals surface area contributed by atoms with E-state index in [1.54, 1.807) is 7.11 Å². The monoisotopic (exact) mass is 328 g/mol. The van der Waals surface area contributed by atoms with Gasteiger partial charge in [-0.05, 0) is 37.5 Å². The molecule has 0 radical (unpaired) electrons. The first-order valence-corrected chi connectivity index (χ1v) is 8.55. The van der Waals surface area contributed by atoms with Crippen LogP contribution in [0.3, 0.4) is 0 Å². The summed E-state index contributed by atoms with van der Waals surface area (Å²) in [5.74, 6) is -1.16. The van der Waals surface area contributed by atoms with Gasteiger partial charge in [0.1, 0.15) is 4.90 Å². The number of rotatable bonds is 9. The average molecular weight is 328 g/mol. The molecule has 0 aliphatic heterocycles. The van der Waals surface area contributed by atoms with Crippen LogP contribution in [0.2, 0.25) is 0 Å². The molecule has 1 aliphatic rings. The Morgan fingerprint density at radius 3 is 2.73 bits per heavy atom. The van der Waals surface area contributed by atoms with E-state index in [-0.39, 0.29) is 16.5 Å². The fraction of sp³-hybridized carbons (Fsp3) is 0.500. The Balaban J connectivity index is 2.25. The minimum atomic E-state index is -3.73. The SMILES string of the molecule is COCCCNc1ccc(C(=O)O)cc1S(=O)(=O)NC1CC1. The second kappa shape index (κ2) is 7.08. The van der Waals surface area contributed by atoms with Gasteiger partial charge >= 0.3 is 5.97 Å². The predicted molar refractivity (Wildman–Crippen MR) is 81.7 cm³/mol. The first kappa shape index (κ1) is 16.7. The fourth-order valence-electron chi connectivity index (χ4n) is 1.95. The third-order valence-corrected chi connectivity index (χ3v) is 4.82. The summed E-state index contributed by atoms with van der Waals surface area (Å²) in [7, 11) is -2.14. The van der Waals surface area contributed by atoms with Crippen molar-refractivity contribution in [1.29, 1.82) is 0 Å². The predicted octanol–water partition coefficient (Wildman–Crippen LogP) is 1.27. The zero-order chi connectivity index (χ0) is 16.2. The van der Waals surface area contributed by atoms with Crippen LogP contribution in [0, 0.1) is 0 Å². The fourth-order valence-corrected chi connectivity index (χ4v) is 3.46. The van der Waals surface area contributed by atoms with E-state index in [0.29, 0.717) is 25.3 Å². The van der Waals surface area contributed by atoms with E-state index in [0.717, 1.165) is 12.8 Å². The molecule has 0 bridgehead atoms. The Hall–Kier alpha value is -1.64. The Morgan fingerprint density at radius 2 is 2.14 bits per heavy atom. The van der Waals surface area contributed by atoms with Gasteiger partial charge in [-0.15, -0.1) is 0 Å². The van der Waals surface area contributed by atoms with E-state index in [9.17, 15) is 13.2 Å². The zero-order valence-electron chi connectivity index (χ0n) is 12.3. The molecule has 7 nitrogen and oxygen atoms in total. The van der Waals surface area contributed by atoms with Gasteiger partial charge in [-0.3, -0.25) is 0 Å². The summed E-state index contributed by atoms with van der Waals surface area (Å²) in [6.07, 6.45) is 2.34. The maximum atomic E-state index is 12.4. The molecule has 2 rings (SSSR count). The number of carboxylic acid groups (broad SMARTS) is 1. The van der Waals surface area contributed by atoms with E-state index >= 15 is 0 Å². The van der Waals surface area contributed by atoms with Crippen LogP contribution in [-0.2, 0) is 14.8 Å². The number of aromatic carboxylic acids is 1. The molecule has 0 atom stereocenters. The minimum absolute atomic E-state index is 0.0308. The molecule has 22 heavy (non-hydrogen) atoms. The standard InChI is InChI=1S/C14H20N2O5S/c1-21-8-2-7-15-12-6-3-10(14(17)18)9-13(12)22(19,20)16-11-4-5-11/h3,6,9,11,15-16H,2,4-5,7-8H2,1H3,(H,17,18). The van der Waals surface area contributed by atoms with Crippen LogP contribution in [0.1, 0.15) is 29.6 Å². The van der Waals surface area contributed by atoms with Crippen molar-refractivity contribution in [3.63, 3.8) is 0 Å². The maximum absolute atomic E-state index is 12.4. The van der Waals surface area contributed by atoms with E-state index in [1.807, 2.05) is 0 Å². The van der Waals surface area contributed by atoms with Gasteiger partial charge in [-0.25, -0.2) is 17.9 Å². The van der Waals surface area contributed by atoms with Crippen LogP contribution in [0.5, 0.6) is 0 Å². The summed E-state index contributed by atoms with van der Waals surface area (Å²) < 4.78 is 32.3. The highest BCUT2D eigenvalue weighted by molar-refractivity contribution is 7.89. The first-order chi connectivity index (χ1) is 10.4. The number of ether oxygens (including phenoxy) is 1. The van der Waals surface area contributed by atoms with Crippen molar-refractivity contribution in [2.45, 2.75) is 30.2 Å². The van der Waals surface area contributed by atoms with Crippen molar-refractivity contribution in [2.75, 3.05) is 25.6 Å². The third-order valence-electron chi connectivity index (χ3n) is 3.26. The van der Waals surface area contributed by atoms with Crippen molar-refractivity contribution in [3.8, 4) is 0 Å². The van der Waals surface area contributed by atoms with Crippen LogP contribution >= 0.6 is 0 Å². The van der Waals surface area contributed by atoms with Crippen molar-refractivity contribution >= 4 is 21.7 Å². The zero-order valence-corrected chi connectivity index (χ0v) is 13.1. The molecule has 0 heterocycles. The molecule has 1 aliphatic carbocycles. The summed E-state index contributed by atoms with van der Waals surface area (Å²) >= 11 is 0. The molecule has 8 heteroatoms. The third kappa shape index (κ3) is 4.43. The summed E-state index contributed by atoms with van der Waals surface area (Å²) in [6.45, 7) is 1.09. The van der Waals surface area contributed by atoms with E-state index in [1.165, 1.54) is 18.2 Å². The summed E-state index contributed by atoms with van der Waals surface area (Å²) in [5, 5.41) is 12.1. The number of carboxylic acids is 1. The molecule has 1 fully saturated rings. The molecule has 0 spiro atoms. The Kier molecular flexibility index (Phi) is 5.38. The van der Waals surface area contributed by atoms with Crippen LogP contribution < -0.4 is 10.0 Å². The number of benzene rings is 1. The van der Waals surface area contributed by atoms with Crippen LogP contribution in [0.15, 0.2) is 23.1 Å². The van der Waals surface area contributed by atoms with Gasteiger partial charge in [0.25, 0.3) is 0 Å². The van der Waals surface area contributed by atoms with Gasteiger partial charge in [-0.2, -0.15) is 0 Å². The maximum Gasteiger partial charge on any atom is 0.335 e. The Labute approximate surface area is 129 Å². The number of nitrogens with one attached hydrogen (secondary N) is 2. The highest BCUT2D eigenvalue weighted by Crippen LogP contribution is 2.27. The average Bonchev–Trinajstić information content (AvgIpc) is 3.26. The van der Waals surface area contributed by atoms with Gasteiger partial charge in [-0.1, -0.05) is 0 Å². The number of sulfonamides is 1. The Morgan fingerprint density at radius 1 is 1.41 bits per heavy atom. The lowest BCUT2D eigenvalue weighted by Crippen LogP contribution is -2.27. The summed E-state index contributed by atoms with van der Waals surface area (Å²) in [4.78, 5) is 11.0. The lowest BCUT2D eigenvalue weighted by atomic mass is 10.2. The molecule has 0 saturated heterocycles. The number of anilines is 1. The van der Waals surface area contributed by atoms with E-state index in [2.05, 4.69) is 10.0 Å². The number of hydrogen-bond acceptors (Lipinski definition) is 5. The lowest BCUT2D eigenvalue weighted by molar-refractivity contribution is 0.0696. The van der Waals surface area contributed by atoms with Crippen LogP contribution in [0.4, 0.5) is 5.69 Å². The molecular weight excluding hydrogens is 308 g/mol. The van der Waals surface area contributed by atoms with Gasteiger partial charge in [0.2, 0.25) is 10.0 Å². The second-order valence-corrected chi connectivity index (χ2v) is 6.87. The molecule has 1 aromatic rings. The van der Waals surface area contributed by atoms with Crippen LogP contribution in [0.25, 0.3) is 0 Å². The molecule has 3 N–H and O–H groups in total. The topological polar surface area (TPSA) is 105 Å². The number of methoxy groups -OCH3 is 1. The second-order valence-electron chi connectivity index (χ2n) is 5.18. The van der Waals surface area contributed by atoms with Gasteiger partial charge < -0.3 is 15.2 Å². The summed E-state index contributed by atoms with van der Waals surface area (Å²) in [5.41, 5.74) is 0.341. The van der Waals surface area contributed by atoms with Crippen LogP contribution in [-0.4, -0.2) is 45.8 Å². The molecule has 1 aromatic carbocycles. The lowest BCUT2D eigenvalue weighted by Gasteiger charge is -2.14. The normalized spacial score (nSPS) is 14.8. The van der Waals surface area contributed by atoms with Crippen molar-refractivity contribution in [3.05, 3.63) is 23.8 Å². The number of hydrogen-bond donors (Lipinski definition) is 3. The molecular formula is C14H20N2O5S. The van der Waals surface area contributed by atoms with Gasteiger partial charge in [0.15, 0.2) is 0 Å². The van der Waals surface area contributed by atoms with Crippen molar-refractivity contribution in [2.24, 2.45) is 0 Å². The van der Waals surface area contributed by atoms with E-state index < -0.39 is 16.0 Å². The van der Waals surface area contributed by atoms with Crippen molar-refractivity contribution < 1.29 is 23.1 Å². The van der Waals surface area contributed by atoms with Gasteiger partial charge in [0.05, 0.1) is 11.3 Å². The molecule has 0 aromatic heterocycles. The molecule has 1 saturated carbocycles. The molecule has 0 amide bonds. The van der Waals surface area contributed by atoms with Gasteiger partial charge in [0, 0.05) is 26.3 Å². The smallest absolute Gasteiger partial charge is 0.335 e. The molecule has 0 unspecified atom stereocenters.